The second kappa shape index (κ2) is 11.2. The van der Waals surface area contributed by atoms with Gasteiger partial charge >= 0.3 is 0 Å². The molecule has 0 aliphatic heterocycles. The second-order valence-corrected chi connectivity index (χ2v) is 5.61. The van der Waals surface area contributed by atoms with Gasteiger partial charge < -0.3 is 14.5 Å². The van der Waals surface area contributed by atoms with Crippen LogP contribution >= 0.6 is 0 Å². The molecule has 0 aliphatic carbocycles. The summed E-state index contributed by atoms with van der Waals surface area (Å²) < 4.78 is 6.24. The van der Waals surface area contributed by atoms with E-state index in [9.17, 15) is 0 Å². The van der Waals surface area contributed by atoms with Crippen LogP contribution in [0.1, 0.15) is 25.7 Å². The zero-order valence-corrected chi connectivity index (χ0v) is 13.3. The van der Waals surface area contributed by atoms with Gasteiger partial charge in [0, 0.05) is 0 Å². The van der Waals surface area contributed by atoms with Crippen molar-refractivity contribution in [2.75, 3.05) is 41.3 Å². The van der Waals surface area contributed by atoms with Gasteiger partial charge in [-0.3, -0.25) is 0 Å². The molecule has 0 bridgehead atoms. The third-order valence-corrected chi connectivity index (χ3v) is 3.04. The number of nitrogens with zero attached hydrogens (tertiary/aromatic N) is 2. The van der Waals surface area contributed by atoms with E-state index in [4.69, 9.17) is 4.74 Å². The van der Waals surface area contributed by atoms with Crippen LogP contribution in [0.25, 0.3) is 0 Å². The van der Waals surface area contributed by atoms with Crippen LogP contribution in [0.4, 0.5) is 0 Å². The van der Waals surface area contributed by atoms with Crippen LogP contribution in [0, 0.1) is 0 Å². The molecule has 0 N–H and O–H groups in total. The first-order valence-electron chi connectivity index (χ1n) is 7.16. The van der Waals surface area contributed by atoms with E-state index in [1.165, 1.54) is 0 Å². The van der Waals surface area contributed by atoms with Crippen molar-refractivity contribution < 1.29 is 4.74 Å². The molecular formula is C16H32N2O. The first-order valence-corrected chi connectivity index (χ1v) is 7.16. The molecule has 112 valence electrons. The number of hydrogen-bond donors (Lipinski definition) is 0. The minimum absolute atomic E-state index is 0.270. The molecule has 2 unspecified atom stereocenters. The van der Waals surface area contributed by atoms with E-state index in [2.05, 4.69) is 51.1 Å². The van der Waals surface area contributed by atoms with Crippen molar-refractivity contribution in [3.05, 3.63) is 25.3 Å². The molecule has 19 heavy (non-hydrogen) atoms. The highest BCUT2D eigenvalue weighted by molar-refractivity contribution is 4.79. The number of ether oxygens (including phenoxy) is 1. The molecule has 0 fully saturated rings. The highest BCUT2D eigenvalue weighted by Crippen LogP contribution is 2.14. The summed E-state index contributed by atoms with van der Waals surface area (Å²) in [6.07, 6.45) is 8.39. The average Bonchev–Trinajstić information content (AvgIpc) is 2.33. The van der Waals surface area contributed by atoms with Crippen molar-refractivity contribution >= 4 is 0 Å². The molecule has 3 heteroatoms. The molecule has 0 aromatic carbocycles. The average molecular weight is 268 g/mol. The Morgan fingerprint density at radius 2 is 1.21 bits per heavy atom. The van der Waals surface area contributed by atoms with Crippen molar-refractivity contribution in [2.45, 2.75) is 37.9 Å². The van der Waals surface area contributed by atoms with Crippen molar-refractivity contribution in [3.8, 4) is 0 Å². The maximum atomic E-state index is 6.24. The van der Waals surface area contributed by atoms with Gasteiger partial charge in [0.2, 0.25) is 0 Å². The fraction of sp³-hybridized carbons (Fsp3) is 0.750. The molecule has 0 aromatic heterocycles. The predicted molar refractivity (Wildman–Crippen MR) is 84.6 cm³/mol. The Labute approximate surface area is 119 Å². The standard InChI is InChI=1S/C16H32N2O/c1-7-9-15(11-13-17(3)4)19-16(10-8-2)12-14-18(5)6/h7-8,15-16H,1-2,9-14H2,3-6H3. The van der Waals surface area contributed by atoms with Crippen molar-refractivity contribution in [1.82, 2.24) is 9.80 Å². The van der Waals surface area contributed by atoms with E-state index in [1.54, 1.807) is 0 Å². The first kappa shape index (κ1) is 18.4. The minimum atomic E-state index is 0.270. The summed E-state index contributed by atoms with van der Waals surface area (Å²) in [5.74, 6) is 0. The fourth-order valence-electron chi connectivity index (χ4n) is 1.93. The van der Waals surface area contributed by atoms with Crippen LogP contribution in [0.5, 0.6) is 0 Å². The summed E-state index contributed by atoms with van der Waals surface area (Å²) in [4.78, 5) is 4.39. The Kier molecular flexibility index (Phi) is 10.8. The lowest BCUT2D eigenvalue weighted by molar-refractivity contribution is -0.0217. The summed E-state index contributed by atoms with van der Waals surface area (Å²) in [5.41, 5.74) is 0. The third kappa shape index (κ3) is 10.9. The number of hydrogen-bond acceptors (Lipinski definition) is 3. The quantitative estimate of drug-likeness (QED) is 0.506. The van der Waals surface area contributed by atoms with E-state index in [0.29, 0.717) is 0 Å². The van der Waals surface area contributed by atoms with Crippen LogP contribution in [0.15, 0.2) is 25.3 Å². The zero-order valence-electron chi connectivity index (χ0n) is 13.3. The summed E-state index contributed by atoms with van der Waals surface area (Å²) in [6, 6.07) is 0. The maximum absolute atomic E-state index is 6.24. The Morgan fingerprint density at radius 3 is 1.47 bits per heavy atom. The van der Waals surface area contributed by atoms with Gasteiger partial charge in [0.05, 0.1) is 12.2 Å². The topological polar surface area (TPSA) is 15.7 Å². The highest BCUT2D eigenvalue weighted by Gasteiger charge is 2.15. The van der Waals surface area contributed by atoms with Crippen LogP contribution in [0.3, 0.4) is 0 Å². The van der Waals surface area contributed by atoms with Gasteiger partial charge in [-0.2, -0.15) is 0 Å². The molecule has 0 aromatic rings. The molecule has 0 radical (unpaired) electrons. The zero-order chi connectivity index (χ0) is 14.7. The van der Waals surface area contributed by atoms with Gasteiger partial charge in [0.15, 0.2) is 0 Å². The SMILES string of the molecule is C=CCC(CCN(C)C)OC(CC=C)CCN(C)C. The van der Waals surface area contributed by atoms with Gasteiger partial charge in [-0.25, -0.2) is 0 Å². The third-order valence-electron chi connectivity index (χ3n) is 3.04. The molecule has 0 spiro atoms. The van der Waals surface area contributed by atoms with Gasteiger partial charge in [0.1, 0.15) is 0 Å². The van der Waals surface area contributed by atoms with Crippen LogP contribution in [-0.2, 0) is 4.74 Å². The molecular weight excluding hydrogens is 236 g/mol. The Balaban J connectivity index is 4.28. The number of rotatable bonds is 12. The first-order chi connectivity index (χ1) is 8.99. The Morgan fingerprint density at radius 1 is 0.842 bits per heavy atom. The highest BCUT2D eigenvalue weighted by atomic mass is 16.5. The maximum Gasteiger partial charge on any atom is 0.0625 e. The lowest BCUT2D eigenvalue weighted by atomic mass is 10.1. The molecule has 0 heterocycles. The van der Waals surface area contributed by atoms with Crippen molar-refractivity contribution in [2.24, 2.45) is 0 Å². The van der Waals surface area contributed by atoms with Gasteiger partial charge in [-0.15, -0.1) is 13.2 Å². The largest absolute Gasteiger partial charge is 0.374 e. The molecule has 0 amide bonds. The lowest BCUT2D eigenvalue weighted by Gasteiger charge is -2.25. The molecule has 3 nitrogen and oxygen atoms in total. The molecule has 0 rings (SSSR count). The van der Waals surface area contributed by atoms with E-state index in [1.807, 2.05) is 12.2 Å². The lowest BCUT2D eigenvalue weighted by Crippen LogP contribution is -2.28. The molecule has 0 saturated carbocycles. The Hall–Kier alpha value is -0.640. The van der Waals surface area contributed by atoms with E-state index >= 15 is 0 Å². The molecule has 0 aliphatic rings. The van der Waals surface area contributed by atoms with Gasteiger partial charge in [-0.1, -0.05) is 12.2 Å². The molecule has 2 atom stereocenters. The van der Waals surface area contributed by atoms with Crippen molar-refractivity contribution in [1.29, 1.82) is 0 Å². The fourth-order valence-corrected chi connectivity index (χ4v) is 1.93. The van der Waals surface area contributed by atoms with Gasteiger partial charge in [0.25, 0.3) is 0 Å². The van der Waals surface area contributed by atoms with Crippen molar-refractivity contribution in [3.63, 3.8) is 0 Å². The van der Waals surface area contributed by atoms with Crippen LogP contribution in [0.2, 0.25) is 0 Å². The summed E-state index contributed by atoms with van der Waals surface area (Å²) in [7, 11) is 8.38. The van der Waals surface area contributed by atoms with Crippen LogP contribution < -0.4 is 0 Å². The minimum Gasteiger partial charge on any atom is -0.374 e. The summed E-state index contributed by atoms with van der Waals surface area (Å²) >= 11 is 0. The normalized spacial score (nSPS) is 14.6. The smallest absolute Gasteiger partial charge is 0.0625 e. The Bertz CT molecular complexity index is 215. The van der Waals surface area contributed by atoms with E-state index in [-0.39, 0.29) is 12.2 Å². The van der Waals surface area contributed by atoms with Crippen LogP contribution in [-0.4, -0.2) is 63.3 Å². The van der Waals surface area contributed by atoms with E-state index in [0.717, 1.165) is 38.8 Å². The summed E-state index contributed by atoms with van der Waals surface area (Å²) in [6.45, 7) is 9.76. The monoisotopic (exact) mass is 268 g/mol. The summed E-state index contributed by atoms with van der Waals surface area (Å²) in [5, 5.41) is 0. The van der Waals surface area contributed by atoms with Gasteiger partial charge in [-0.05, 0) is 67.0 Å². The molecule has 0 saturated heterocycles. The predicted octanol–water partition coefficient (Wildman–Crippen LogP) is 2.80. The second-order valence-electron chi connectivity index (χ2n) is 5.61. The van der Waals surface area contributed by atoms with E-state index < -0.39 is 0 Å².